The minimum Gasteiger partial charge on any atom is -0.383 e. The Balaban J connectivity index is 2.04. The maximum absolute atomic E-state index is 12.7. The lowest BCUT2D eigenvalue weighted by atomic mass is 9.80. The van der Waals surface area contributed by atoms with E-state index in [4.69, 9.17) is 4.74 Å². The van der Waals surface area contributed by atoms with Crippen LogP contribution in [0.5, 0.6) is 0 Å². The quantitative estimate of drug-likeness (QED) is 0.662. The maximum Gasteiger partial charge on any atom is 0.251 e. The standard InChI is InChI=1S/C24H32N4O3/c1-6-20-16(3)23(27-22-9-7-8-15(2)26-22)19-14-18(24(30)25-12-13-31-5)10-11-21(19)28(20)17(4)29/h7-11,14,16,20,23H,6,12-13H2,1-5H3,(H,25,30)(H,26,27)/t16-,20-,23+/m0/s1. The van der Waals surface area contributed by atoms with E-state index in [1.165, 1.54) is 0 Å². The summed E-state index contributed by atoms with van der Waals surface area (Å²) in [5, 5.41) is 6.44. The zero-order chi connectivity index (χ0) is 22.5. The van der Waals surface area contributed by atoms with E-state index in [-0.39, 0.29) is 29.8 Å². The first kappa shape index (κ1) is 22.7. The van der Waals surface area contributed by atoms with E-state index in [0.717, 1.165) is 29.2 Å². The highest BCUT2D eigenvalue weighted by Gasteiger charge is 2.40. The normalized spacial score (nSPS) is 20.2. The molecule has 2 N–H and O–H groups in total. The molecular formula is C24H32N4O3. The lowest BCUT2D eigenvalue weighted by Crippen LogP contribution is -2.49. The van der Waals surface area contributed by atoms with Gasteiger partial charge in [-0.1, -0.05) is 19.9 Å². The Bertz CT molecular complexity index is 946. The van der Waals surface area contributed by atoms with Gasteiger partial charge in [-0.25, -0.2) is 4.98 Å². The highest BCUT2D eigenvalue weighted by atomic mass is 16.5. The molecule has 7 heteroatoms. The number of amides is 2. The van der Waals surface area contributed by atoms with Crippen LogP contribution in [0.1, 0.15) is 54.8 Å². The molecule has 0 spiro atoms. The topological polar surface area (TPSA) is 83.6 Å². The fraction of sp³-hybridized carbons (Fsp3) is 0.458. The van der Waals surface area contributed by atoms with Gasteiger partial charge in [0.05, 0.1) is 12.6 Å². The Morgan fingerprint density at radius 1 is 1.23 bits per heavy atom. The highest BCUT2D eigenvalue weighted by Crippen LogP contribution is 2.43. The number of rotatable bonds is 7. The smallest absolute Gasteiger partial charge is 0.251 e. The Labute approximate surface area is 184 Å². The molecule has 2 heterocycles. The molecule has 31 heavy (non-hydrogen) atoms. The summed E-state index contributed by atoms with van der Waals surface area (Å²) in [6.07, 6.45) is 0.832. The average Bonchev–Trinajstić information content (AvgIpc) is 2.74. The van der Waals surface area contributed by atoms with Crippen molar-refractivity contribution in [2.75, 3.05) is 30.5 Å². The van der Waals surface area contributed by atoms with Crippen LogP contribution in [0.3, 0.4) is 0 Å². The van der Waals surface area contributed by atoms with E-state index >= 15 is 0 Å². The molecule has 2 amide bonds. The van der Waals surface area contributed by atoms with E-state index in [1.54, 1.807) is 20.1 Å². The third-order valence-corrected chi connectivity index (χ3v) is 5.89. The molecule has 0 radical (unpaired) electrons. The Kier molecular flexibility index (Phi) is 7.28. The molecule has 0 saturated carbocycles. The molecule has 1 aliphatic rings. The van der Waals surface area contributed by atoms with Crippen molar-refractivity contribution in [2.45, 2.75) is 46.2 Å². The third kappa shape index (κ3) is 4.88. The number of methoxy groups -OCH3 is 1. The molecule has 1 aliphatic heterocycles. The number of nitrogens with zero attached hydrogens (tertiary/aromatic N) is 2. The highest BCUT2D eigenvalue weighted by molar-refractivity contribution is 5.98. The van der Waals surface area contributed by atoms with E-state index in [2.05, 4.69) is 29.5 Å². The van der Waals surface area contributed by atoms with Gasteiger partial charge in [-0.2, -0.15) is 0 Å². The number of aromatic nitrogens is 1. The summed E-state index contributed by atoms with van der Waals surface area (Å²) < 4.78 is 5.01. The summed E-state index contributed by atoms with van der Waals surface area (Å²) in [4.78, 5) is 31.7. The third-order valence-electron chi connectivity index (χ3n) is 5.89. The van der Waals surface area contributed by atoms with Crippen molar-refractivity contribution in [3.8, 4) is 0 Å². The molecule has 2 aromatic rings. The van der Waals surface area contributed by atoms with Crippen LogP contribution in [0.2, 0.25) is 0 Å². The fourth-order valence-electron chi connectivity index (χ4n) is 4.40. The SMILES string of the molecule is CC[C@H]1[C@H](C)[C@@H](Nc2cccc(C)n2)c2cc(C(=O)NCCOC)ccc2N1C(C)=O. The number of carbonyl (C=O) groups is 2. The van der Waals surface area contributed by atoms with Crippen LogP contribution in [0.15, 0.2) is 36.4 Å². The van der Waals surface area contributed by atoms with Crippen LogP contribution in [0.4, 0.5) is 11.5 Å². The number of carbonyl (C=O) groups excluding carboxylic acids is 2. The summed E-state index contributed by atoms with van der Waals surface area (Å²) in [6.45, 7) is 8.69. The van der Waals surface area contributed by atoms with Crippen molar-refractivity contribution >= 4 is 23.3 Å². The predicted octanol–water partition coefficient (Wildman–Crippen LogP) is 3.70. The van der Waals surface area contributed by atoms with Gasteiger partial charge in [0.1, 0.15) is 5.82 Å². The van der Waals surface area contributed by atoms with Gasteiger partial charge < -0.3 is 20.3 Å². The van der Waals surface area contributed by atoms with Gasteiger partial charge in [0.2, 0.25) is 5.91 Å². The maximum atomic E-state index is 12.7. The second kappa shape index (κ2) is 9.92. The molecule has 3 rings (SSSR count). The van der Waals surface area contributed by atoms with E-state index < -0.39 is 0 Å². The minimum absolute atomic E-state index is 0.00405. The van der Waals surface area contributed by atoms with Gasteiger partial charge in [0.15, 0.2) is 0 Å². The number of nitrogens with one attached hydrogen (secondary N) is 2. The van der Waals surface area contributed by atoms with Crippen LogP contribution in [-0.2, 0) is 9.53 Å². The van der Waals surface area contributed by atoms with E-state index in [0.29, 0.717) is 18.7 Å². The first-order valence-electron chi connectivity index (χ1n) is 10.8. The Morgan fingerprint density at radius 2 is 2.00 bits per heavy atom. The van der Waals surface area contributed by atoms with E-state index in [1.807, 2.05) is 42.2 Å². The largest absolute Gasteiger partial charge is 0.383 e. The van der Waals surface area contributed by atoms with Crippen LogP contribution in [0, 0.1) is 12.8 Å². The molecule has 0 unspecified atom stereocenters. The molecule has 0 saturated heterocycles. The van der Waals surface area contributed by atoms with Crippen LogP contribution < -0.4 is 15.5 Å². The van der Waals surface area contributed by atoms with Gasteiger partial charge in [-0.05, 0) is 49.2 Å². The van der Waals surface area contributed by atoms with Crippen molar-refractivity contribution in [1.29, 1.82) is 0 Å². The van der Waals surface area contributed by atoms with Gasteiger partial charge in [-0.3, -0.25) is 9.59 Å². The number of benzene rings is 1. The Morgan fingerprint density at radius 3 is 2.65 bits per heavy atom. The lowest BCUT2D eigenvalue weighted by molar-refractivity contribution is -0.117. The van der Waals surface area contributed by atoms with Gasteiger partial charge in [0, 0.05) is 49.5 Å². The van der Waals surface area contributed by atoms with Gasteiger partial charge in [-0.15, -0.1) is 0 Å². The molecule has 0 bridgehead atoms. The molecule has 3 atom stereocenters. The first-order valence-corrected chi connectivity index (χ1v) is 10.8. The molecular weight excluding hydrogens is 392 g/mol. The van der Waals surface area contributed by atoms with Gasteiger partial charge >= 0.3 is 0 Å². The van der Waals surface area contributed by atoms with Crippen molar-refractivity contribution < 1.29 is 14.3 Å². The molecule has 0 fully saturated rings. The summed E-state index contributed by atoms with van der Waals surface area (Å²) in [6, 6.07) is 11.4. The number of pyridine rings is 1. The van der Waals surface area contributed by atoms with Crippen molar-refractivity contribution in [3.05, 3.63) is 53.2 Å². The number of hydrogen-bond acceptors (Lipinski definition) is 5. The number of hydrogen-bond donors (Lipinski definition) is 2. The second-order valence-electron chi connectivity index (χ2n) is 8.03. The molecule has 1 aromatic carbocycles. The number of fused-ring (bicyclic) bond motifs is 1. The number of aryl methyl sites for hydroxylation is 1. The second-order valence-corrected chi connectivity index (χ2v) is 8.03. The van der Waals surface area contributed by atoms with Crippen LogP contribution in [-0.4, -0.2) is 43.1 Å². The fourth-order valence-corrected chi connectivity index (χ4v) is 4.40. The molecule has 0 aliphatic carbocycles. The van der Waals surface area contributed by atoms with Crippen molar-refractivity contribution in [2.24, 2.45) is 5.92 Å². The van der Waals surface area contributed by atoms with Crippen LogP contribution >= 0.6 is 0 Å². The lowest BCUT2D eigenvalue weighted by Gasteiger charge is -2.45. The zero-order valence-electron chi connectivity index (χ0n) is 18.9. The summed E-state index contributed by atoms with van der Waals surface area (Å²) >= 11 is 0. The molecule has 7 nitrogen and oxygen atoms in total. The predicted molar refractivity (Wildman–Crippen MR) is 122 cm³/mol. The average molecular weight is 425 g/mol. The first-order chi connectivity index (χ1) is 14.9. The van der Waals surface area contributed by atoms with Gasteiger partial charge in [0.25, 0.3) is 5.91 Å². The summed E-state index contributed by atoms with van der Waals surface area (Å²) in [5.74, 6) is 0.746. The minimum atomic E-state index is -0.160. The van der Waals surface area contributed by atoms with E-state index in [9.17, 15) is 9.59 Å². The number of ether oxygens (including phenoxy) is 1. The van der Waals surface area contributed by atoms with Crippen molar-refractivity contribution in [1.82, 2.24) is 10.3 Å². The molecule has 166 valence electrons. The number of anilines is 2. The van der Waals surface area contributed by atoms with Crippen LogP contribution in [0.25, 0.3) is 0 Å². The monoisotopic (exact) mass is 424 g/mol. The summed E-state index contributed by atoms with van der Waals surface area (Å²) in [5.41, 5.74) is 3.26. The summed E-state index contributed by atoms with van der Waals surface area (Å²) in [7, 11) is 1.60. The molecule has 1 aromatic heterocycles. The Hall–Kier alpha value is -2.93. The zero-order valence-corrected chi connectivity index (χ0v) is 18.9. The van der Waals surface area contributed by atoms with Crippen molar-refractivity contribution in [3.63, 3.8) is 0 Å².